The molecule has 16 heteroatoms. The minimum atomic E-state index is -6.32. The number of hydrogen-bond acceptors (Lipinski definition) is 5. The smallest absolute Gasteiger partial charge is 0.355 e. The lowest BCUT2D eigenvalue weighted by atomic mass is 10.0. The zero-order valence-corrected chi connectivity index (χ0v) is 19.3. The molecule has 2 heterocycles. The molecule has 2 N–H and O–H groups in total. The van der Waals surface area contributed by atoms with Crippen LogP contribution in [0.4, 0.5) is 35.1 Å². The molecule has 0 spiro atoms. The zero-order valence-electron chi connectivity index (χ0n) is 18.6. The Morgan fingerprint density at radius 3 is 2.43 bits per heavy atom. The summed E-state index contributed by atoms with van der Waals surface area (Å²) in [5, 5.41) is 17.2. The number of halogens is 9. The quantitative estimate of drug-likeness (QED) is 0.511. The Balaban J connectivity index is 1.65. The van der Waals surface area contributed by atoms with E-state index in [2.05, 4.69) is 15.7 Å². The number of benzene rings is 1. The number of carbonyl (C=O) groups excluding carboxylic acids is 1. The van der Waals surface area contributed by atoms with E-state index in [4.69, 9.17) is 21.6 Å². The predicted octanol–water partition coefficient (Wildman–Crippen LogP) is 4.89. The van der Waals surface area contributed by atoms with Crippen molar-refractivity contribution < 1.29 is 44.7 Å². The summed E-state index contributed by atoms with van der Waals surface area (Å²) in [4.78, 5) is 12.6. The Hall–Kier alpha value is -2.96. The van der Waals surface area contributed by atoms with Crippen LogP contribution in [0.25, 0.3) is 0 Å². The van der Waals surface area contributed by atoms with Gasteiger partial charge in [0.05, 0.1) is 35.0 Å². The summed E-state index contributed by atoms with van der Waals surface area (Å²) in [5.74, 6) is -6.54. The topological polar surface area (TPSA) is 92.0 Å². The van der Waals surface area contributed by atoms with E-state index in [0.29, 0.717) is 18.4 Å². The molecule has 2 atom stereocenters. The van der Waals surface area contributed by atoms with Gasteiger partial charge in [-0.15, -0.1) is 0 Å². The Labute approximate surface area is 208 Å². The SMILES string of the molecule is Cn1nc(C(F)(F)C(F)(F)F)c(C(F)(F)F)c1C1NC(c2ccc(Cl)c(C(=O)NC3(C#N)CC3)c2)CO1. The maximum Gasteiger partial charge on any atom is 0.459 e. The van der Waals surface area contributed by atoms with Crippen LogP contribution >= 0.6 is 11.6 Å². The van der Waals surface area contributed by atoms with Gasteiger partial charge in [0, 0.05) is 7.05 Å². The Morgan fingerprint density at radius 1 is 1.24 bits per heavy atom. The van der Waals surface area contributed by atoms with Crippen molar-refractivity contribution in [1.29, 1.82) is 5.26 Å². The van der Waals surface area contributed by atoms with E-state index in [0.717, 1.165) is 7.05 Å². The lowest BCUT2D eigenvalue weighted by molar-refractivity contribution is -0.292. The molecule has 2 aliphatic rings. The highest BCUT2D eigenvalue weighted by molar-refractivity contribution is 6.33. The van der Waals surface area contributed by atoms with E-state index in [-0.39, 0.29) is 21.9 Å². The number of carbonyl (C=O) groups is 1. The highest BCUT2D eigenvalue weighted by Crippen LogP contribution is 2.50. The molecule has 1 saturated heterocycles. The lowest BCUT2D eigenvalue weighted by Gasteiger charge is -2.21. The molecule has 1 aromatic carbocycles. The number of nitrogens with zero attached hydrogens (tertiary/aromatic N) is 3. The summed E-state index contributed by atoms with van der Waals surface area (Å²) < 4.78 is 113. The van der Waals surface area contributed by atoms with Gasteiger partial charge in [-0.2, -0.15) is 45.5 Å². The number of ether oxygens (including phenoxy) is 1. The highest BCUT2D eigenvalue weighted by Gasteiger charge is 2.64. The van der Waals surface area contributed by atoms with Crippen LogP contribution in [0.15, 0.2) is 18.2 Å². The first kappa shape index (κ1) is 27.1. The van der Waals surface area contributed by atoms with Gasteiger partial charge in [-0.1, -0.05) is 17.7 Å². The first-order valence-corrected chi connectivity index (χ1v) is 10.9. The molecule has 4 rings (SSSR count). The third-order valence-corrected chi connectivity index (χ3v) is 6.34. The van der Waals surface area contributed by atoms with Crippen LogP contribution < -0.4 is 10.6 Å². The molecule has 0 bridgehead atoms. The molecule has 2 fully saturated rings. The van der Waals surface area contributed by atoms with Gasteiger partial charge in [0.1, 0.15) is 11.1 Å². The molecule has 1 saturated carbocycles. The van der Waals surface area contributed by atoms with E-state index < -0.39 is 58.9 Å². The second-order valence-electron chi connectivity index (χ2n) is 8.62. The molecule has 37 heavy (non-hydrogen) atoms. The van der Waals surface area contributed by atoms with E-state index in [1.807, 2.05) is 6.07 Å². The van der Waals surface area contributed by atoms with E-state index in [1.165, 1.54) is 18.2 Å². The van der Waals surface area contributed by atoms with Gasteiger partial charge >= 0.3 is 18.3 Å². The molecule has 200 valence electrons. The Morgan fingerprint density at radius 2 is 1.89 bits per heavy atom. The monoisotopic (exact) mass is 557 g/mol. The summed E-state index contributed by atoms with van der Waals surface area (Å²) >= 11 is 6.09. The Kier molecular flexibility index (Phi) is 6.45. The van der Waals surface area contributed by atoms with Gasteiger partial charge < -0.3 is 10.1 Å². The minimum absolute atomic E-state index is 0.0236. The molecule has 2 unspecified atom stereocenters. The number of nitriles is 1. The van der Waals surface area contributed by atoms with Crippen molar-refractivity contribution in [1.82, 2.24) is 20.4 Å². The second kappa shape index (κ2) is 8.81. The van der Waals surface area contributed by atoms with Crippen molar-refractivity contribution in [2.24, 2.45) is 7.05 Å². The fourth-order valence-electron chi connectivity index (χ4n) is 3.90. The van der Waals surface area contributed by atoms with Crippen LogP contribution in [0.5, 0.6) is 0 Å². The Bertz CT molecular complexity index is 1280. The van der Waals surface area contributed by atoms with Gasteiger partial charge in [-0.25, -0.2) is 0 Å². The first-order valence-electron chi connectivity index (χ1n) is 10.5. The van der Waals surface area contributed by atoms with Crippen molar-refractivity contribution in [2.45, 2.75) is 48.9 Å². The molecule has 1 amide bonds. The van der Waals surface area contributed by atoms with Gasteiger partial charge in [0.15, 0.2) is 11.9 Å². The summed E-state index contributed by atoms with van der Waals surface area (Å²) in [6.45, 7) is -0.330. The summed E-state index contributed by atoms with van der Waals surface area (Å²) in [6.07, 6.45) is -12.8. The van der Waals surface area contributed by atoms with E-state index in [1.54, 1.807) is 0 Å². The fraction of sp³-hybridized carbons (Fsp3) is 0.476. The molecule has 1 aliphatic heterocycles. The molecule has 1 aromatic heterocycles. The van der Waals surface area contributed by atoms with Crippen molar-refractivity contribution in [3.05, 3.63) is 51.3 Å². The van der Waals surface area contributed by atoms with Crippen molar-refractivity contribution in [3.8, 4) is 6.07 Å². The number of hydrogen-bond donors (Lipinski definition) is 2. The van der Waals surface area contributed by atoms with Crippen molar-refractivity contribution in [2.75, 3.05) is 6.61 Å². The van der Waals surface area contributed by atoms with Crippen LogP contribution in [-0.2, 0) is 23.9 Å². The first-order chi connectivity index (χ1) is 17.0. The standard InChI is InChI=1S/C21H16ClF8N5O2/c1-35-14(13(20(25,26)27)15(34-35)19(23,24)21(28,29)30)17-32-12(7-37-17)9-2-3-11(22)10(6-9)16(36)33-18(8-31)4-5-18/h2-3,6,12,17,32H,4-5,7H2,1H3,(H,33,36). The normalized spacial score (nSPS) is 21.5. The van der Waals surface area contributed by atoms with Gasteiger partial charge in [-0.3, -0.25) is 14.8 Å². The summed E-state index contributed by atoms with van der Waals surface area (Å²) in [7, 11) is 0.784. The third kappa shape index (κ3) is 4.85. The summed E-state index contributed by atoms with van der Waals surface area (Å²) in [5.41, 5.74) is -6.57. The number of alkyl halides is 8. The summed E-state index contributed by atoms with van der Waals surface area (Å²) in [6, 6.07) is 5.15. The van der Waals surface area contributed by atoms with Crippen LogP contribution in [0.2, 0.25) is 5.02 Å². The molecule has 7 nitrogen and oxygen atoms in total. The third-order valence-electron chi connectivity index (χ3n) is 6.01. The number of rotatable bonds is 5. The fourth-order valence-corrected chi connectivity index (χ4v) is 4.10. The average Bonchev–Trinajstić information content (AvgIpc) is 3.21. The molecule has 1 aliphatic carbocycles. The maximum atomic E-state index is 13.9. The highest BCUT2D eigenvalue weighted by atomic mass is 35.5. The molecular formula is C21H16ClF8N5O2. The lowest BCUT2D eigenvalue weighted by Crippen LogP contribution is -2.36. The van der Waals surface area contributed by atoms with Gasteiger partial charge in [0.2, 0.25) is 0 Å². The largest absolute Gasteiger partial charge is 0.459 e. The van der Waals surface area contributed by atoms with E-state index >= 15 is 0 Å². The average molecular weight is 558 g/mol. The van der Waals surface area contributed by atoms with Crippen LogP contribution in [0.3, 0.4) is 0 Å². The van der Waals surface area contributed by atoms with Crippen molar-refractivity contribution in [3.63, 3.8) is 0 Å². The molecule has 2 aromatic rings. The number of nitrogens with one attached hydrogen (secondary N) is 2. The van der Waals surface area contributed by atoms with Crippen LogP contribution in [0, 0.1) is 11.3 Å². The predicted molar refractivity (Wildman–Crippen MR) is 109 cm³/mol. The second-order valence-corrected chi connectivity index (χ2v) is 9.03. The van der Waals surface area contributed by atoms with Crippen molar-refractivity contribution >= 4 is 17.5 Å². The number of amides is 1. The molecular weight excluding hydrogens is 542 g/mol. The zero-order chi connectivity index (χ0) is 27.6. The maximum absolute atomic E-state index is 13.9. The molecule has 0 radical (unpaired) electrons. The number of aryl methyl sites for hydroxylation is 1. The van der Waals surface area contributed by atoms with Crippen LogP contribution in [0.1, 0.15) is 58.0 Å². The van der Waals surface area contributed by atoms with Crippen LogP contribution in [-0.4, -0.2) is 34.0 Å². The van der Waals surface area contributed by atoms with Gasteiger partial charge in [-0.05, 0) is 30.5 Å². The van der Waals surface area contributed by atoms with E-state index in [9.17, 15) is 39.9 Å². The minimum Gasteiger partial charge on any atom is -0.355 e. The van der Waals surface area contributed by atoms with Gasteiger partial charge in [0.25, 0.3) is 5.91 Å². The number of aromatic nitrogens is 2.